The number of benzene rings is 2. The Bertz CT molecular complexity index is 954. The molecule has 2 rings (SSSR count). The number of halogens is 3. The largest absolute Gasteiger partial charge is 0.489 e. The van der Waals surface area contributed by atoms with Crippen molar-refractivity contribution in [2.75, 3.05) is 13.2 Å². The fraction of sp³-hybridized carbons (Fsp3) is 0.300. The van der Waals surface area contributed by atoms with Crippen LogP contribution in [0, 0.1) is 5.82 Å². The zero-order valence-corrected chi connectivity index (χ0v) is 17.9. The standard InChI is InChI=1S/C20H22Cl2FN3O4/c1-10(2)30-17-4-3-11(5-15(17)22)20(28)26-19(25)13-6-16(23)18(7-14(13)21)29-9-12(24)8-27/h3-7,10,12,27H,8-9,24H2,1-2H3,(H2,25,26,28). The van der Waals surface area contributed by atoms with Crippen LogP contribution in [-0.2, 0) is 0 Å². The third kappa shape index (κ3) is 6.30. The highest BCUT2D eigenvalue weighted by atomic mass is 35.5. The topological polar surface area (TPSA) is 120 Å². The molecule has 2 aromatic carbocycles. The van der Waals surface area contributed by atoms with Crippen LogP contribution >= 0.6 is 23.2 Å². The van der Waals surface area contributed by atoms with Gasteiger partial charge in [0.15, 0.2) is 11.6 Å². The molecule has 2 aromatic rings. The Labute approximate surface area is 183 Å². The minimum atomic E-state index is -0.775. The molecule has 7 nitrogen and oxygen atoms in total. The van der Waals surface area contributed by atoms with Crippen molar-refractivity contribution >= 4 is 34.9 Å². The van der Waals surface area contributed by atoms with Crippen molar-refractivity contribution in [3.8, 4) is 11.5 Å². The van der Waals surface area contributed by atoms with E-state index in [4.69, 9.17) is 49.2 Å². The van der Waals surface area contributed by atoms with E-state index in [1.165, 1.54) is 18.2 Å². The first-order valence-corrected chi connectivity index (χ1v) is 9.71. The lowest BCUT2D eigenvalue weighted by molar-refractivity contribution is 0.100. The molecular formula is C20H22Cl2FN3O4. The van der Waals surface area contributed by atoms with Crippen LogP contribution in [0.25, 0.3) is 0 Å². The van der Waals surface area contributed by atoms with Gasteiger partial charge in [-0.2, -0.15) is 4.99 Å². The van der Waals surface area contributed by atoms with Gasteiger partial charge in [0.05, 0.1) is 28.8 Å². The van der Waals surface area contributed by atoms with Gasteiger partial charge in [-0.1, -0.05) is 23.2 Å². The van der Waals surface area contributed by atoms with Crippen molar-refractivity contribution in [1.82, 2.24) is 0 Å². The Kier molecular flexibility index (Phi) is 8.43. The number of hydrogen-bond acceptors (Lipinski definition) is 5. The molecule has 30 heavy (non-hydrogen) atoms. The van der Waals surface area contributed by atoms with Gasteiger partial charge in [0.2, 0.25) is 0 Å². The first-order chi connectivity index (χ1) is 14.1. The smallest absolute Gasteiger partial charge is 0.279 e. The van der Waals surface area contributed by atoms with E-state index in [-0.39, 0.29) is 52.1 Å². The summed E-state index contributed by atoms with van der Waals surface area (Å²) in [6, 6.07) is 5.97. The van der Waals surface area contributed by atoms with E-state index in [2.05, 4.69) is 4.99 Å². The third-order valence-corrected chi connectivity index (χ3v) is 4.36. The maximum Gasteiger partial charge on any atom is 0.279 e. The number of rotatable bonds is 8. The van der Waals surface area contributed by atoms with Crippen LogP contribution in [0.5, 0.6) is 11.5 Å². The molecule has 0 heterocycles. The van der Waals surface area contributed by atoms with E-state index in [0.29, 0.717) is 5.75 Å². The maximum atomic E-state index is 14.3. The number of aliphatic hydroxyl groups is 1. The molecule has 1 unspecified atom stereocenters. The van der Waals surface area contributed by atoms with E-state index in [9.17, 15) is 9.18 Å². The molecule has 1 amide bonds. The lowest BCUT2D eigenvalue weighted by atomic mass is 10.1. The van der Waals surface area contributed by atoms with Crippen LogP contribution in [0.15, 0.2) is 35.3 Å². The summed E-state index contributed by atoms with van der Waals surface area (Å²) in [5.74, 6) is -1.47. The molecule has 0 saturated carbocycles. The molecule has 0 bridgehead atoms. The van der Waals surface area contributed by atoms with E-state index < -0.39 is 17.8 Å². The Morgan fingerprint density at radius 3 is 2.50 bits per heavy atom. The van der Waals surface area contributed by atoms with E-state index >= 15 is 0 Å². The molecule has 0 fully saturated rings. The monoisotopic (exact) mass is 457 g/mol. The highest BCUT2D eigenvalue weighted by molar-refractivity contribution is 6.34. The fourth-order valence-electron chi connectivity index (χ4n) is 2.30. The van der Waals surface area contributed by atoms with E-state index in [1.54, 1.807) is 6.07 Å². The summed E-state index contributed by atoms with van der Waals surface area (Å²) in [6.45, 7) is 3.27. The first kappa shape index (κ1) is 23.9. The molecule has 10 heteroatoms. The molecule has 0 radical (unpaired) electrons. The molecule has 0 aliphatic rings. The van der Waals surface area contributed by atoms with Gasteiger partial charge in [-0.3, -0.25) is 4.79 Å². The van der Waals surface area contributed by atoms with Crippen molar-refractivity contribution in [3.05, 3.63) is 57.3 Å². The second-order valence-corrected chi connectivity index (χ2v) is 7.44. The molecule has 1 atom stereocenters. The lowest BCUT2D eigenvalue weighted by Gasteiger charge is -2.13. The molecule has 0 aliphatic heterocycles. The summed E-state index contributed by atoms with van der Waals surface area (Å²) in [5.41, 5.74) is 11.6. The number of aliphatic hydroxyl groups excluding tert-OH is 1. The second kappa shape index (κ2) is 10.6. The van der Waals surface area contributed by atoms with Gasteiger partial charge in [-0.15, -0.1) is 0 Å². The van der Waals surface area contributed by atoms with Crippen LogP contribution in [0.1, 0.15) is 29.8 Å². The van der Waals surface area contributed by atoms with Crippen molar-refractivity contribution in [3.63, 3.8) is 0 Å². The zero-order chi connectivity index (χ0) is 22.4. The Morgan fingerprint density at radius 1 is 1.20 bits per heavy atom. The molecule has 162 valence electrons. The number of nitrogens with two attached hydrogens (primary N) is 2. The number of hydrogen-bond donors (Lipinski definition) is 3. The van der Waals surface area contributed by atoms with Crippen molar-refractivity contribution < 1.29 is 23.8 Å². The summed E-state index contributed by atoms with van der Waals surface area (Å²) >= 11 is 12.3. The van der Waals surface area contributed by atoms with Gasteiger partial charge in [-0.05, 0) is 38.1 Å². The minimum absolute atomic E-state index is 0.0205. The number of carbonyl (C=O) groups excluding carboxylic acids is 1. The summed E-state index contributed by atoms with van der Waals surface area (Å²) in [6.07, 6.45) is -0.0823. The van der Waals surface area contributed by atoms with Gasteiger partial charge in [0.25, 0.3) is 5.91 Å². The number of ether oxygens (including phenoxy) is 2. The predicted octanol–water partition coefficient (Wildman–Crippen LogP) is 3.16. The van der Waals surface area contributed by atoms with Crippen LogP contribution in [0.2, 0.25) is 10.0 Å². The lowest BCUT2D eigenvalue weighted by Crippen LogP contribution is -2.31. The summed E-state index contributed by atoms with van der Waals surface area (Å²) < 4.78 is 25.0. The minimum Gasteiger partial charge on any atom is -0.489 e. The summed E-state index contributed by atoms with van der Waals surface area (Å²) in [7, 11) is 0. The van der Waals surface area contributed by atoms with Gasteiger partial charge in [0, 0.05) is 17.2 Å². The Morgan fingerprint density at radius 2 is 1.90 bits per heavy atom. The summed E-state index contributed by atoms with van der Waals surface area (Å²) in [4.78, 5) is 16.2. The van der Waals surface area contributed by atoms with Gasteiger partial charge in [-0.25, -0.2) is 4.39 Å². The molecule has 0 aliphatic carbocycles. The first-order valence-electron chi connectivity index (χ1n) is 8.95. The molecule has 0 aromatic heterocycles. The average Bonchev–Trinajstić information content (AvgIpc) is 2.68. The van der Waals surface area contributed by atoms with Crippen LogP contribution < -0.4 is 20.9 Å². The average molecular weight is 458 g/mol. The van der Waals surface area contributed by atoms with Crippen molar-refractivity contribution in [1.29, 1.82) is 0 Å². The zero-order valence-electron chi connectivity index (χ0n) is 16.4. The molecule has 5 N–H and O–H groups in total. The third-order valence-electron chi connectivity index (χ3n) is 3.75. The van der Waals surface area contributed by atoms with Gasteiger partial charge < -0.3 is 26.0 Å². The quantitative estimate of drug-likeness (QED) is 0.413. The number of amides is 1. The SMILES string of the molecule is CC(C)Oc1ccc(C(=O)N=C(N)c2cc(F)c(OCC(N)CO)cc2Cl)cc1Cl. The second-order valence-electron chi connectivity index (χ2n) is 6.63. The Balaban J connectivity index is 2.23. The van der Waals surface area contributed by atoms with Crippen LogP contribution in [0.4, 0.5) is 4.39 Å². The number of amidine groups is 1. The van der Waals surface area contributed by atoms with Crippen LogP contribution in [-0.4, -0.2) is 42.2 Å². The molecule has 0 spiro atoms. The van der Waals surface area contributed by atoms with Crippen LogP contribution in [0.3, 0.4) is 0 Å². The summed E-state index contributed by atoms with van der Waals surface area (Å²) in [5, 5.41) is 9.17. The van der Waals surface area contributed by atoms with Gasteiger partial charge in [0.1, 0.15) is 18.2 Å². The maximum absolute atomic E-state index is 14.3. The number of carbonyl (C=O) groups is 1. The number of aliphatic imine (C=N–C) groups is 1. The van der Waals surface area contributed by atoms with E-state index in [1.807, 2.05) is 13.8 Å². The van der Waals surface area contributed by atoms with Crippen molar-refractivity contribution in [2.24, 2.45) is 16.5 Å². The van der Waals surface area contributed by atoms with E-state index in [0.717, 1.165) is 6.07 Å². The fourth-order valence-corrected chi connectivity index (χ4v) is 2.78. The molecule has 0 saturated heterocycles. The number of nitrogens with zero attached hydrogens (tertiary/aromatic N) is 1. The predicted molar refractivity (Wildman–Crippen MR) is 114 cm³/mol. The highest BCUT2D eigenvalue weighted by Gasteiger charge is 2.16. The van der Waals surface area contributed by atoms with Crippen molar-refractivity contribution in [2.45, 2.75) is 26.0 Å². The highest BCUT2D eigenvalue weighted by Crippen LogP contribution is 2.28. The van der Waals surface area contributed by atoms with Gasteiger partial charge >= 0.3 is 0 Å². The normalized spacial score (nSPS) is 12.7. The Hall–Kier alpha value is -2.39. The molecular weight excluding hydrogens is 436 g/mol.